The minimum absolute atomic E-state index is 0.0636. The summed E-state index contributed by atoms with van der Waals surface area (Å²) in [6.45, 7) is 1.41. The number of nitrogen functional groups attached to an aromatic ring is 1. The number of amides is 1. The van der Waals surface area contributed by atoms with Gasteiger partial charge in [0.15, 0.2) is 5.69 Å². The number of hydrogen-bond acceptors (Lipinski definition) is 5. The van der Waals surface area contributed by atoms with E-state index in [2.05, 4.69) is 10.1 Å². The van der Waals surface area contributed by atoms with Gasteiger partial charge in [-0.25, -0.2) is 9.37 Å². The number of alkyl halides is 3. The van der Waals surface area contributed by atoms with Crippen molar-refractivity contribution >= 4 is 11.6 Å². The van der Waals surface area contributed by atoms with Crippen LogP contribution in [0.15, 0.2) is 47.3 Å². The largest absolute Gasteiger partial charge is 0.433 e. The maximum atomic E-state index is 14.1. The topological polar surface area (TPSA) is 117 Å². The van der Waals surface area contributed by atoms with E-state index in [1.807, 2.05) is 0 Å². The first kappa shape index (κ1) is 21.0. The lowest BCUT2D eigenvalue weighted by atomic mass is 9.95. The summed E-state index contributed by atoms with van der Waals surface area (Å²) in [5.41, 5.74) is 7.84. The van der Waals surface area contributed by atoms with E-state index in [0.717, 1.165) is 12.1 Å². The highest BCUT2D eigenvalue weighted by atomic mass is 19.4. The van der Waals surface area contributed by atoms with Gasteiger partial charge in [0.1, 0.15) is 17.2 Å². The molecule has 0 aliphatic rings. The third kappa shape index (κ3) is 4.00. The van der Waals surface area contributed by atoms with Crippen LogP contribution >= 0.6 is 0 Å². The molecule has 0 bridgehead atoms. The number of benzene rings is 1. The van der Waals surface area contributed by atoms with Crippen molar-refractivity contribution in [2.45, 2.75) is 19.0 Å². The Kier molecular flexibility index (Phi) is 5.29. The number of primary amides is 1. The lowest BCUT2D eigenvalue weighted by Gasteiger charge is -2.17. The molecule has 4 N–H and O–H groups in total. The molecular formula is C19H15F4N5O2. The van der Waals surface area contributed by atoms with E-state index in [-0.39, 0.29) is 22.6 Å². The number of rotatable bonds is 4. The van der Waals surface area contributed by atoms with Crippen LogP contribution in [0.4, 0.5) is 23.2 Å². The molecule has 156 valence electrons. The smallest absolute Gasteiger partial charge is 0.399 e. The molecule has 2 aromatic heterocycles. The van der Waals surface area contributed by atoms with Gasteiger partial charge in [-0.1, -0.05) is 19.1 Å². The summed E-state index contributed by atoms with van der Waals surface area (Å²) in [5, 5.41) is 3.85. The molecule has 3 aromatic rings. The number of aromatic nitrogens is 3. The molecule has 7 nitrogen and oxygen atoms in total. The number of anilines is 1. The Morgan fingerprint density at radius 3 is 2.43 bits per heavy atom. The van der Waals surface area contributed by atoms with Crippen LogP contribution in [-0.2, 0) is 6.18 Å². The molecule has 0 radical (unpaired) electrons. The molecule has 30 heavy (non-hydrogen) atoms. The van der Waals surface area contributed by atoms with E-state index < -0.39 is 40.8 Å². The van der Waals surface area contributed by atoms with Crippen LogP contribution in [0.2, 0.25) is 0 Å². The highest BCUT2D eigenvalue weighted by Crippen LogP contribution is 2.32. The van der Waals surface area contributed by atoms with Crippen molar-refractivity contribution in [1.29, 1.82) is 0 Å². The minimum Gasteiger partial charge on any atom is -0.399 e. The summed E-state index contributed by atoms with van der Waals surface area (Å²) in [6, 6.07) is 8.04. The van der Waals surface area contributed by atoms with Crippen molar-refractivity contribution in [3.63, 3.8) is 0 Å². The Labute approximate surface area is 167 Å². The molecule has 2 heterocycles. The Morgan fingerprint density at radius 1 is 1.17 bits per heavy atom. The SMILES string of the molecule is C[C@H](c1cc(N)cc(C(F)(F)F)n1)c1cc(=O)n(-c2ccccc2F)nc1C(N)=O. The third-order valence-electron chi connectivity index (χ3n) is 4.34. The minimum atomic E-state index is -4.75. The van der Waals surface area contributed by atoms with Crippen molar-refractivity contribution in [2.24, 2.45) is 5.73 Å². The lowest BCUT2D eigenvalue weighted by molar-refractivity contribution is -0.141. The fourth-order valence-electron chi connectivity index (χ4n) is 2.89. The van der Waals surface area contributed by atoms with Gasteiger partial charge in [0, 0.05) is 17.7 Å². The monoisotopic (exact) mass is 421 g/mol. The summed E-state index contributed by atoms with van der Waals surface area (Å²) >= 11 is 0. The molecule has 1 atom stereocenters. The Bertz CT molecular complexity index is 1190. The van der Waals surface area contributed by atoms with E-state index in [0.29, 0.717) is 10.7 Å². The van der Waals surface area contributed by atoms with Gasteiger partial charge in [-0.15, -0.1) is 0 Å². The molecule has 0 fully saturated rings. The van der Waals surface area contributed by atoms with Gasteiger partial charge in [0.05, 0.1) is 5.69 Å². The first-order valence-electron chi connectivity index (χ1n) is 8.52. The number of hydrogen-bond donors (Lipinski definition) is 2. The van der Waals surface area contributed by atoms with Crippen LogP contribution in [0.3, 0.4) is 0 Å². The molecule has 0 saturated heterocycles. The fraction of sp³-hybridized carbons (Fsp3) is 0.158. The normalized spacial score (nSPS) is 12.6. The number of halogens is 4. The molecule has 3 rings (SSSR count). The van der Waals surface area contributed by atoms with E-state index in [1.54, 1.807) is 0 Å². The fourth-order valence-corrected chi connectivity index (χ4v) is 2.89. The van der Waals surface area contributed by atoms with Gasteiger partial charge in [0.2, 0.25) is 0 Å². The van der Waals surface area contributed by atoms with Crippen LogP contribution in [0.1, 0.15) is 40.3 Å². The van der Waals surface area contributed by atoms with Crippen LogP contribution in [-0.4, -0.2) is 20.7 Å². The highest BCUT2D eigenvalue weighted by molar-refractivity contribution is 5.92. The standard InChI is InChI=1S/C19H15F4N5O2/c1-9(13-6-10(24)7-15(26-13)19(21,22)23)11-8-16(29)28(27-17(11)18(25)30)14-5-3-2-4-12(14)20/h2-9H,1H3,(H2,24,26)(H2,25,30)/t9-/m0/s1. The van der Waals surface area contributed by atoms with Crippen LogP contribution < -0.4 is 17.0 Å². The van der Waals surface area contributed by atoms with Gasteiger partial charge >= 0.3 is 6.18 Å². The van der Waals surface area contributed by atoms with Gasteiger partial charge in [-0.2, -0.15) is 23.0 Å². The summed E-state index contributed by atoms with van der Waals surface area (Å²) in [5.74, 6) is -2.81. The van der Waals surface area contributed by atoms with Gasteiger partial charge in [-0.3, -0.25) is 9.59 Å². The Hall–Kier alpha value is -3.76. The van der Waals surface area contributed by atoms with Crippen LogP contribution in [0.5, 0.6) is 0 Å². The quantitative estimate of drug-likeness (QED) is 0.628. The van der Waals surface area contributed by atoms with E-state index in [4.69, 9.17) is 11.5 Å². The molecule has 11 heteroatoms. The van der Waals surface area contributed by atoms with Crippen molar-refractivity contribution in [2.75, 3.05) is 5.73 Å². The molecule has 1 amide bonds. The number of nitrogens with zero attached hydrogens (tertiary/aromatic N) is 3. The second kappa shape index (κ2) is 7.58. The highest BCUT2D eigenvalue weighted by Gasteiger charge is 2.34. The number of para-hydroxylation sites is 1. The molecule has 0 spiro atoms. The molecule has 0 aliphatic carbocycles. The molecule has 1 aromatic carbocycles. The first-order valence-corrected chi connectivity index (χ1v) is 8.52. The molecule has 0 saturated carbocycles. The number of carbonyl (C=O) groups is 1. The van der Waals surface area contributed by atoms with Crippen molar-refractivity contribution in [3.05, 3.63) is 81.3 Å². The predicted octanol–water partition coefficient (Wildman–Crippen LogP) is 2.62. The molecular weight excluding hydrogens is 406 g/mol. The lowest BCUT2D eigenvalue weighted by Crippen LogP contribution is -2.29. The zero-order chi connectivity index (χ0) is 22.2. The van der Waals surface area contributed by atoms with Crippen LogP contribution in [0.25, 0.3) is 5.69 Å². The average molecular weight is 421 g/mol. The van der Waals surface area contributed by atoms with Gasteiger partial charge in [0.25, 0.3) is 11.5 Å². The molecule has 0 aliphatic heterocycles. The molecule has 0 unspecified atom stereocenters. The number of pyridine rings is 1. The Morgan fingerprint density at radius 2 is 1.83 bits per heavy atom. The summed E-state index contributed by atoms with van der Waals surface area (Å²) in [6.07, 6.45) is -4.75. The second-order valence-corrected chi connectivity index (χ2v) is 6.44. The van der Waals surface area contributed by atoms with E-state index in [1.165, 1.54) is 31.2 Å². The van der Waals surface area contributed by atoms with Crippen LogP contribution in [0, 0.1) is 5.82 Å². The maximum Gasteiger partial charge on any atom is 0.433 e. The van der Waals surface area contributed by atoms with Gasteiger partial charge in [-0.05, 0) is 29.8 Å². The summed E-state index contributed by atoms with van der Waals surface area (Å²) < 4.78 is 53.9. The average Bonchev–Trinajstić information content (AvgIpc) is 2.66. The van der Waals surface area contributed by atoms with E-state index >= 15 is 0 Å². The first-order chi connectivity index (χ1) is 14.0. The van der Waals surface area contributed by atoms with Gasteiger partial charge < -0.3 is 11.5 Å². The maximum absolute atomic E-state index is 14.1. The van der Waals surface area contributed by atoms with Crippen molar-refractivity contribution in [1.82, 2.24) is 14.8 Å². The third-order valence-corrected chi connectivity index (χ3v) is 4.34. The predicted molar refractivity (Wildman–Crippen MR) is 99.5 cm³/mol. The zero-order valence-electron chi connectivity index (χ0n) is 15.4. The van der Waals surface area contributed by atoms with Crippen molar-refractivity contribution < 1.29 is 22.4 Å². The van der Waals surface area contributed by atoms with Crippen molar-refractivity contribution in [3.8, 4) is 5.69 Å². The number of carbonyl (C=O) groups excluding carboxylic acids is 1. The number of nitrogens with two attached hydrogens (primary N) is 2. The second-order valence-electron chi connectivity index (χ2n) is 6.44. The van der Waals surface area contributed by atoms with E-state index in [9.17, 15) is 27.2 Å². The summed E-state index contributed by atoms with van der Waals surface area (Å²) in [4.78, 5) is 28.1. The Balaban J connectivity index is 2.19. The summed E-state index contributed by atoms with van der Waals surface area (Å²) in [7, 11) is 0. The zero-order valence-corrected chi connectivity index (χ0v) is 15.4.